The molecular formula is C20H18FN3O3. The van der Waals surface area contributed by atoms with Crippen LogP contribution in [0.15, 0.2) is 71.9 Å². The standard InChI is InChI=1S/C20H18FN3O3/c1-26-15-8-10-16(11-9-15)27-20-17(6-4-12-22-20)19(24-25)23-13-14-5-2-3-7-18(14)21/h2-12,25H,13H2,1H3,(H,23,24). The molecule has 0 spiro atoms. The van der Waals surface area contributed by atoms with Crippen LogP contribution in [0.4, 0.5) is 4.39 Å². The highest BCUT2D eigenvalue weighted by molar-refractivity contribution is 6.00. The number of benzene rings is 2. The molecule has 0 aliphatic carbocycles. The minimum Gasteiger partial charge on any atom is -0.497 e. The number of halogens is 1. The van der Waals surface area contributed by atoms with Gasteiger partial charge in [0, 0.05) is 11.8 Å². The normalized spacial score (nSPS) is 11.1. The molecule has 2 aromatic carbocycles. The summed E-state index contributed by atoms with van der Waals surface area (Å²) in [5.74, 6) is 1.25. The number of nitrogens with zero attached hydrogens (tertiary/aromatic N) is 2. The molecule has 0 saturated heterocycles. The van der Waals surface area contributed by atoms with Crippen molar-refractivity contribution >= 4 is 5.84 Å². The molecule has 1 aromatic heterocycles. The van der Waals surface area contributed by atoms with E-state index in [1.807, 2.05) is 5.48 Å². The second-order valence-corrected chi connectivity index (χ2v) is 5.50. The molecule has 0 atom stereocenters. The quantitative estimate of drug-likeness (QED) is 0.392. The lowest BCUT2D eigenvalue weighted by Gasteiger charge is -2.11. The number of hydrogen-bond donors (Lipinski definition) is 2. The first-order valence-corrected chi connectivity index (χ1v) is 8.16. The minimum atomic E-state index is -0.362. The fourth-order valence-corrected chi connectivity index (χ4v) is 2.38. The number of pyridine rings is 1. The molecular weight excluding hydrogens is 349 g/mol. The van der Waals surface area contributed by atoms with E-state index in [0.29, 0.717) is 22.6 Å². The van der Waals surface area contributed by atoms with Gasteiger partial charge in [0.1, 0.15) is 17.3 Å². The van der Waals surface area contributed by atoms with Gasteiger partial charge in [-0.15, -0.1) is 0 Å². The summed E-state index contributed by atoms with van der Waals surface area (Å²) >= 11 is 0. The van der Waals surface area contributed by atoms with Gasteiger partial charge in [-0.05, 0) is 42.5 Å². The first kappa shape index (κ1) is 18.3. The molecule has 0 bridgehead atoms. The highest BCUT2D eigenvalue weighted by Crippen LogP contribution is 2.25. The number of hydroxylamine groups is 1. The topological polar surface area (TPSA) is 76.0 Å². The zero-order chi connectivity index (χ0) is 19.1. The van der Waals surface area contributed by atoms with Gasteiger partial charge < -0.3 is 9.47 Å². The predicted octanol–water partition coefficient (Wildman–Crippen LogP) is 3.95. The second-order valence-electron chi connectivity index (χ2n) is 5.50. The summed E-state index contributed by atoms with van der Waals surface area (Å²) in [5, 5.41) is 9.51. The van der Waals surface area contributed by atoms with Crippen LogP contribution in [0.5, 0.6) is 17.4 Å². The summed E-state index contributed by atoms with van der Waals surface area (Å²) in [6.45, 7) is 0.0481. The third-order valence-electron chi connectivity index (χ3n) is 3.77. The fourth-order valence-electron chi connectivity index (χ4n) is 2.38. The lowest BCUT2D eigenvalue weighted by atomic mass is 10.2. The van der Waals surface area contributed by atoms with E-state index in [1.54, 1.807) is 67.9 Å². The van der Waals surface area contributed by atoms with E-state index in [0.717, 1.165) is 0 Å². The molecule has 0 radical (unpaired) electrons. The molecule has 138 valence electrons. The lowest BCUT2D eigenvalue weighted by Crippen LogP contribution is -2.21. The van der Waals surface area contributed by atoms with E-state index in [4.69, 9.17) is 9.47 Å². The number of rotatable bonds is 6. The van der Waals surface area contributed by atoms with Crippen LogP contribution in [0.2, 0.25) is 0 Å². The molecule has 27 heavy (non-hydrogen) atoms. The summed E-state index contributed by atoms with van der Waals surface area (Å²) in [7, 11) is 1.58. The Bertz CT molecular complexity index is 930. The summed E-state index contributed by atoms with van der Waals surface area (Å²) < 4.78 is 24.7. The van der Waals surface area contributed by atoms with Crippen molar-refractivity contribution in [2.75, 3.05) is 7.11 Å². The maximum Gasteiger partial charge on any atom is 0.230 e. The second kappa shape index (κ2) is 8.77. The van der Waals surface area contributed by atoms with Crippen LogP contribution >= 0.6 is 0 Å². The van der Waals surface area contributed by atoms with Crippen molar-refractivity contribution in [2.24, 2.45) is 4.99 Å². The van der Waals surface area contributed by atoms with Crippen LogP contribution in [0.1, 0.15) is 11.1 Å². The maximum atomic E-state index is 13.8. The molecule has 0 aliphatic rings. The first-order chi connectivity index (χ1) is 13.2. The molecule has 1 heterocycles. The Hall–Kier alpha value is -3.45. The van der Waals surface area contributed by atoms with E-state index in [2.05, 4.69) is 9.98 Å². The van der Waals surface area contributed by atoms with Gasteiger partial charge in [0.2, 0.25) is 5.88 Å². The number of nitrogens with one attached hydrogen (secondary N) is 1. The highest BCUT2D eigenvalue weighted by Gasteiger charge is 2.13. The van der Waals surface area contributed by atoms with E-state index in [9.17, 15) is 9.60 Å². The monoisotopic (exact) mass is 367 g/mol. The summed E-state index contributed by atoms with van der Waals surface area (Å²) in [6.07, 6.45) is 1.56. The van der Waals surface area contributed by atoms with Crippen molar-refractivity contribution in [2.45, 2.75) is 6.54 Å². The highest BCUT2D eigenvalue weighted by atomic mass is 19.1. The van der Waals surface area contributed by atoms with E-state index in [1.165, 1.54) is 6.07 Å². The SMILES string of the molecule is COc1ccc(Oc2ncccc2C(=NCc2ccccc2F)NO)cc1. The molecule has 3 aromatic rings. The lowest BCUT2D eigenvalue weighted by molar-refractivity contribution is 0.234. The Morgan fingerprint density at radius 2 is 1.81 bits per heavy atom. The number of amidine groups is 1. The molecule has 3 rings (SSSR count). The van der Waals surface area contributed by atoms with Crippen LogP contribution in [-0.2, 0) is 6.54 Å². The van der Waals surface area contributed by atoms with Gasteiger partial charge in [0.15, 0.2) is 5.84 Å². The third kappa shape index (κ3) is 4.59. The molecule has 0 saturated carbocycles. The van der Waals surface area contributed by atoms with Crippen LogP contribution in [0.3, 0.4) is 0 Å². The smallest absolute Gasteiger partial charge is 0.230 e. The van der Waals surface area contributed by atoms with Crippen molar-refractivity contribution in [3.05, 3.63) is 83.8 Å². The molecule has 6 nitrogen and oxygen atoms in total. The van der Waals surface area contributed by atoms with Crippen LogP contribution in [-0.4, -0.2) is 23.1 Å². The summed E-state index contributed by atoms with van der Waals surface area (Å²) in [6, 6.07) is 16.7. The minimum absolute atomic E-state index is 0.0481. The number of aromatic nitrogens is 1. The maximum absolute atomic E-state index is 13.8. The van der Waals surface area contributed by atoms with Gasteiger partial charge in [-0.1, -0.05) is 18.2 Å². The van der Waals surface area contributed by atoms with Crippen molar-refractivity contribution < 1.29 is 19.1 Å². The zero-order valence-corrected chi connectivity index (χ0v) is 14.6. The number of methoxy groups -OCH3 is 1. The molecule has 0 amide bonds. The molecule has 0 unspecified atom stereocenters. The first-order valence-electron chi connectivity index (χ1n) is 8.16. The summed E-state index contributed by atoms with van der Waals surface area (Å²) in [4.78, 5) is 8.45. The van der Waals surface area contributed by atoms with E-state index < -0.39 is 0 Å². The van der Waals surface area contributed by atoms with Gasteiger partial charge >= 0.3 is 0 Å². The number of hydrogen-bond acceptors (Lipinski definition) is 5. The molecule has 0 fully saturated rings. The molecule has 2 N–H and O–H groups in total. The van der Waals surface area contributed by atoms with Crippen LogP contribution in [0.25, 0.3) is 0 Å². The van der Waals surface area contributed by atoms with Crippen molar-refractivity contribution in [3.63, 3.8) is 0 Å². The predicted molar refractivity (Wildman–Crippen MR) is 98.9 cm³/mol. The van der Waals surface area contributed by atoms with E-state index in [-0.39, 0.29) is 24.1 Å². The van der Waals surface area contributed by atoms with Gasteiger partial charge in [-0.3, -0.25) is 15.7 Å². The average Bonchev–Trinajstić information content (AvgIpc) is 2.71. The zero-order valence-electron chi connectivity index (χ0n) is 14.6. The number of ether oxygens (including phenoxy) is 2. The Morgan fingerprint density at radius 1 is 1.07 bits per heavy atom. The van der Waals surface area contributed by atoms with Crippen LogP contribution in [0, 0.1) is 5.82 Å². The van der Waals surface area contributed by atoms with Gasteiger partial charge in [0.05, 0.1) is 19.2 Å². The molecule has 0 aliphatic heterocycles. The van der Waals surface area contributed by atoms with Crippen molar-refractivity contribution in [1.29, 1.82) is 0 Å². The van der Waals surface area contributed by atoms with E-state index >= 15 is 0 Å². The Balaban J connectivity index is 1.86. The van der Waals surface area contributed by atoms with Gasteiger partial charge in [0.25, 0.3) is 0 Å². The third-order valence-corrected chi connectivity index (χ3v) is 3.77. The summed E-state index contributed by atoms with van der Waals surface area (Å²) in [5.41, 5.74) is 2.89. The Kier molecular flexibility index (Phi) is 5.96. The van der Waals surface area contributed by atoms with Gasteiger partial charge in [-0.25, -0.2) is 9.37 Å². The van der Waals surface area contributed by atoms with Crippen molar-refractivity contribution in [1.82, 2.24) is 10.5 Å². The number of aliphatic imine (C=N–C) groups is 1. The Labute approximate surface area is 155 Å². The fraction of sp³-hybridized carbons (Fsp3) is 0.100. The Morgan fingerprint density at radius 3 is 2.52 bits per heavy atom. The average molecular weight is 367 g/mol. The van der Waals surface area contributed by atoms with Gasteiger partial charge in [-0.2, -0.15) is 0 Å². The van der Waals surface area contributed by atoms with Crippen molar-refractivity contribution in [3.8, 4) is 17.4 Å². The molecule has 7 heteroatoms. The van der Waals surface area contributed by atoms with Crippen LogP contribution < -0.4 is 15.0 Å². The largest absolute Gasteiger partial charge is 0.497 e.